The molecule has 0 unspecified atom stereocenters. The number of pyridine rings is 1. The van der Waals surface area contributed by atoms with E-state index in [0.717, 1.165) is 5.56 Å². The monoisotopic (exact) mass is 463 g/mol. The molecule has 2 heterocycles. The molecule has 0 spiro atoms. The SMILES string of the molecule is O=C(O)CCCC=C[C@@H]1C[C@@H](NS(=O)(=O)c2ccc(Cl)cc2)CN1Cc1ccncc1. The van der Waals surface area contributed by atoms with Crippen LogP contribution >= 0.6 is 11.6 Å². The van der Waals surface area contributed by atoms with E-state index in [1.165, 1.54) is 12.1 Å². The van der Waals surface area contributed by atoms with E-state index in [2.05, 4.69) is 20.7 Å². The minimum absolute atomic E-state index is 0.0518. The van der Waals surface area contributed by atoms with Crippen molar-refractivity contribution in [1.82, 2.24) is 14.6 Å². The topological polar surface area (TPSA) is 99.6 Å². The first-order valence-electron chi connectivity index (χ1n) is 10.1. The molecule has 1 aromatic carbocycles. The molecule has 0 aliphatic carbocycles. The van der Waals surface area contributed by atoms with Crippen LogP contribution < -0.4 is 4.72 Å². The molecule has 31 heavy (non-hydrogen) atoms. The molecule has 2 atom stereocenters. The molecule has 2 N–H and O–H groups in total. The Labute approximate surface area is 187 Å². The Hall–Kier alpha value is -2.26. The zero-order valence-corrected chi connectivity index (χ0v) is 18.6. The van der Waals surface area contributed by atoms with Gasteiger partial charge in [-0.15, -0.1) is 0 Å². The Morgan fingerprint density at radius 3 is 2.61 bits per heavy atom. The number of benzene rings is 1. The second-order valence-electron chi connectivity index (χ2n) is 7.57. The summed E-state index contributed by atoms with van der Waals surface area (Å²) in [6.45, 7) is 1.24. The van der Waals surface area contributed by atoms with Gasteiger partial charge in [-0.25, -0.2) is 13.1 Å². The summed E-state index contributed by atoms with van der Waals surface area (Å²) in [5.41, 5.74) is 1.10. The molecule has 2 aromatic rings. The number of sulfonamides is 1. The van der Waals surface area contributed by atoms with Gasteiger partial charge in [0.1, 0.15) is 0 Å². The van der Waals surface area contributed by atoms with Crippen molar-refractivity contribution in [3.05, 3.63) is 71.5 Å². The summed E-state index contributed by atoms with van der Waals surface area (Å²) < 4.78 is 28.4. The Bertz CT molecular complexity index is 997. The third kappa shape index (κ3) is 7.14. The number of rotatable bonds is 10. The highest BCUT2D eigenvalue weighted by atomic mass is 35.5. The summed E-state index contributed by atoms with van der Waals surface area (Å²) in [5.74, 6) is -0.801. The van der Waals surface area contributed by atoms with Crippen LogP contribution in [0.25, 0.3) is 0 Å². The highest BCUT2D eigenvalue weighted by Crippen LogP contribution is 2.24. The Balaban J connectivity index is 1.68. The predicted molar refractivity (Wildman–Crippen MR) is 119 cm³/mol. The molecule has 1 aliphatic heterocycles. The summed E-state index contributed by atoms with van der Waals surface area (Å²) >= 11 is 5.87. The van der Waals surface area contributed by atoms with Gasteiger partial charge in [0.05, 0.1) is 4.90 Å². The van der Waals surface area contributed by atoms with E-state index in [9.17, 15) is 13.2 Å². The molecule has 7 nitrogen and oxygen atoms in total. The smallest absolute Gasteiger partial charge is 0.303 e. The molecule has 9 heteroatoms. The minimum Gasteiger partial charge on any atom is -0.481 e. The highest BCUT2D eigenvalue weighted by Gasteiger charge is 2.33. The van der Waals surface area contributed by atoms with Gasteiger partial charge >= 0.3 is 5.97 Å². The number of carboxylic acid groups (broad SMARTS) is 1. The fourth-order valence-electron chi connectivity index (χ4n) is 3.65. The second kappa shape index (κ2) is 10.9. The molecule has 166 valence electrons. The Morgan fingerprint density at radius 2 is 1.94 bits per heavy atom. The number of hydrogen-bond acceptors (Lipinski definition) is 5. The van der Waals surface area contributed by atoms with E-state index >= 15 is 0 Å². The normalized spacial score (nSPS) is 19.8. The molecule has 1 aliphatic rings. The van der Waals surface area contributed by atoms with Crippen LogP contribution in [0.4, 0.5) is 0 Å². The van der Waals surface area contributed by atoms with Crippen molar-refractivity contribution in [3.63, 3.8) is 0 Å². The lowest BCUT2D eigenvalue weighted by atomic mass is 10.1. The highest BCUT2D eigenvalue weighted by molar-refractivity contribution is 7.89. The van der Waals surface area contributed by atoms with Crippen LogP contribution in [0.5, 0.6) is 0 Å². The fourth-order valence-corrected chi connectivity index (χ4v) is 5.02. The van der Waals surface area contributed by atoms with E-state index in [-0.39, 0.29) is 23.4 Å². The first kappa shape index (κ1) is 23.4. The van der Waals surface area contributed by atoms with Gasteiger partial charge in [-0.3, -0.25) is 14.7 Å². The summed E-state index contributed by atoms with van der Waals surface area (Å²) in [4.78, 5) is 17.1. The number of aromatic nitrogens is 1. The van der Waals surface area contributed by atoms with Crippen molar-refractivity contribution in [3.8, 4) is 0 Å². The lowest BCUT2D eigenvalue weighted by Gasteiger charge is -2.21. The average Bonchev–Trinajstić information content (AvgIpc) is 3.08. The number of unbranched alkanes of at least 4 members (excludes halogenated alkanes) is 1. The zero-order valence-electron chi connectivity index (χ0n) is 17.0. The van der Waals surface area contributed by atoms with Crippen molar-refractivity contribution in [2.75, 3.05) is 6.54 Å². The van der Waals surface area contributed by atoms with E-state index < -0.39 is 16.0 Å². The van der Waals surface area contributed by atoms with E-state index in [4.69, 9.17) is 16.7 Å². The minimum atomic E-state index is -3.65. The average molecular weight is 464 g/mol. The maximum Gasteiger partial charge on any atom is 0.303 e. The Morgan fingerprint density at radius 1 is 1.23 bits per heavy atom. The number of nitrogens with one attached hydrogen (secondary N) is 1. The molecule has 0 amide bonds. The number of halogens is 1. The van der Waals surface area contributed by atoms with Crippen LogP contribution in [0, 0.1) is 0 Å². The van der Waals surface area contributed by atoms with E-state index in [1.54, 1.807) is 24.5 Å². The second-order valence-corrected chi connectivity index (χ2v) is 9.72. The van der Waals surface area contributed by atoms with E-state index in [0.29, 0.717) is 37.4 Å². The molecule has 3 rings (SSSR count). The van der Waals surface area contributed by atoms with Gasteiger partial charge in [-0.2, -0.15) is 0 Å². The molecule has 1 fully saturated rings. The van der Waals surface area contributed by atoms with Gasteiger partial charge in [0, 0.05) is 49.0 Å². The lowest BCUT2D eigenvalue weighted by molar-refractivity contribution is -0.137. The van der Waals surface area contributed by atoms with Gasteiger partial charge in [0.25, 0.3) is 0 Å². The van der Waals surface area contributed by atoms with Gasteiger partial charge in [-0.05, 0) is 61.2 Å². The summed E-state index contributed by atoms with van der Waals surface area (Å²) in [6.07, 6.45) is 9.55. The van der Waals surface area contributed by atoms with Crippen molar-refractivity contribution in [1.29, 1.82) is 0 Å². The maximum atomic E-state index is 12.8. The lowest BCUT2D eigenvalue weighted by Crippen LogP contribution is -2.37. The molecule has 0 radical (unpaired) electrons. The molecule has 1 saturated heterocycles. The van der Waals surface area contributed by atoms with Crippen molar-refractivity contribution in [2.45, 2.75) is 49.2 Å². The van der Waals surface area contributed by atoms with Crippen molar-refractivity contribution in [2.24, 2.45) is 0 Å². The molecule has 1 aromatic heterocycles. The summed E-state index contributed by atoms with van der Waals surface area (Å²) in [7, 11) is -3.65. The first-order chi connectivity index (χ1) is 14.8. The van der Waals surface area contributed by atoms with Gasteiger partial charge in [0.2, 0.25) is 10.0 Å². The fraction of sp³-hybridized carbons (Fsp3) is 0.364. The molecule has 0 bridgehead atoms. The summed E-state index contributed by atoms with van der Waals surface area (Å²) in [6, 6.07) is 9.80. The van der Waals surface area contributed by atoms with Crippen LogP contribution in [-0.2, 0) is 21.4 Å². The van der Waals surface area contributed by atoms with Crippen molar-refractivity contribution < 1.29 is 18.3 Å². The molecule has 0 saturated carbocycles. The number of nitrogens with zero attached hydrogens (tertiary/aromatic N) is 2. The van der Waals surface area contributed by atoms with Gasteiger partial charge in [0.15, 0.2) is 0 Å². The number of aliphatic carboxylic acids is 1. The Kier molecular flexibility index (Phi) is 8.20. The van der Waals surface area contributed by atoms with Gasteiger partial charge < -0.3 is 5.11 Å². The largest absolute Gasteiger partial charge is 0.481 e. The van der Waals surface area contributed by atoms with Crippen LogP contribution in [0.15, 0.2) is 65.8 Å². The summed E-state index contributed by atoms with van der Waals surface area (Å²) in [5, 5.41) is 9.26. The standard InChI is InChI=1S/C22H26ClN3O4S/c23-18-6-8-21(9-7-18)31(29,30)25-19-14-20(4-2-1-3-5-22(27)28)26(16-19)15-17-10-12-24-13-11-17/h2,4,6-13,19-20,25H,1,3,5,14-16H2,(H,27,28)/t19-,20-/m1/s1. The van der Waals surface area contributed by atoms with Crippen LogP contribution in [0.3, 0.4) is 0 Å². The predicted octanol–water partition coefficient (Wildman–Crippen LogP) is 3.47. The number of carboxylic acids is 1. The number of allylic oxidation sites excluding steroid dienone is 1. The zero-order chi connectivity index (χ0) is 22.3. The van der Waals surface area contributed by atoms with Gasteiger partial charge in [-0.1, -0.05) is 23.8 Å². The number of hydrogen-bond donors (Lipinski definition) is 2. The first-order valence-corrected chi connectivity index (χ1v) is 12.0. The molecular weight excluding hydrogens is 438 g/mol. The van der Waals surface area contributed by atoms with Crippen LogP contribution in [-0.4, -0.2) is 48.0 Å². The third-order valence-electron chi connectivity index (χ3n) is 5.15. The number of likely N-dealkylation sites (tertiary alicyclic amines) is 1. The quantitative estimate of drug-likeness (QED) is 0.413. The maximum absolute atomic E-state index is 12.8. The van der Waals surface area contributed by atoms with E-state index in [1.807, 2.05) is 18.2 Å². The molecular formula is C22H26ClN3O4S. The van der Waals surface area contributed by atoms with Crippen LogP contribution in [0.1, 0.15) is 31.2 Å². The number of carbonyl (C=O) groups is 1. The third-order valence-corrected chi connectivity index (χ3v) is 6.94. The van der Waals surface area contributed by atoms with Crippen molar-refractivity contribution >= 4 is 27.6 Å². The van der Waals surface area contributed by atoms with Crippen LogP contribution in [0.2, 0.25) is 5.02 Å².